The summed E-state index contributed by atoms with van der Waals surface area (Å²) >= 11 is 0. The van der Waals surface area contributed by atoms with Gasteiger partial charge in [0.25, 0.3) is 0 Å². The standard InChI is InChI=1S/C10H19NO2/c1-8(12)7-11-5-6-13-10-4-2-3-9(10)11/h8-10,12H,2-7H2,1H3. The molecule has 0 aromatic rings. The fourth-order valence-corrected chi connectivity index (χ4v) is 2.57. The first kappa shape index (κ1) is 9.44. The van der Waals surface area contributed by atoms with Crippen molar-refractivity contribution >= 4 is 0 Å². The van der Waals surface area contributed by atoms with Gasteiger partial charge in [-0.15, -0.1) is 0 Å². The van der Waals surface area contributed by atoms with Crippen LogP contribution >= 0.6 is 0 Å². The van der Waals surface area contributed by atoms with Crippen LogP contribution in [0.2, 0.25) is 0 Å². The van der Waals surface area contributed by atoms with Crippen LogP contribution in [-0.4, -0.2) is 48.0 Å². The van der Waals surface area contributed by atoms with Crippen LogP contribution in [0.5, 0.6) is 0 Å². The van der Waals surface area contributed by atoms with Gasteiger partial charge < -0.3 is 9.84 Å². The van der Waals surface area contributed by atoms with E-state index >= 15 is 0 Å². The van der Waals surface area contributed by atoms with Gasteiger partial charge in [-0.1, -0.05) is 0 Å². The molecule has 0 bridgehead atoms. The maximum atomic E-state index is 9.34. The van der Waals surface area contributed by atoms with Crippen LogP contribution in [0.15, 0.2) is 0 Å². The molecule has 1 N–H and O–H groups in total. The molecule has 1 aliphatic carbocycles. The van der Waals surface area contributed by atoms with Gasteiger partial charge in [-0.3, -0.25) is 4.90 Å². The lowest BCUT2D eigenvalue weighted by Crippen LogP contribution is -2.50. The molecule has 0 aromatic heterocycles. The topological polar surface area (TPSA) is 32.7 Å². The fourth-order valence-electron chi connectivity index (χ4n) is 2.57. The van der Waals surface area contributed by atoms with Gasteiger partial charge in [0.2, 0.25) is 0 Å². The van der Waals surface area contributed by atoms with Crippen molar-refractivity contribution < 1.29 is 9.84 Å². The Labute approximate surface area is 79.7 Å². The molecule has 0 amide bonds. The number of aliphatic hydroxyl groups excluding tert-OH is 1. The monoisotopic (exact) mass is 185 g/mol. The van der Waals surface area contributed by atoms with Crippen LogP contribution in [-0.2, 0) is 4.74 Å². The molecular weight excluding hydrogens is 166 g/mol. The van der Waals surface area contributed by atoms with E-state index in [4.69, 9.17) is 4.74 Å². The average molecular weight is 185 g/mol. The van der Waals surface area contributed by atoms with Gasteiger partial charge in [0.1, 0.15) is 0 Å². The Morgan fingerprint density at radius 3 is 3.15 bits per heavy atom. The molecule has 13 heavy (non-hydrogen) atoms. The van der Waals surface area contributed by atoms with Crippen molar-refractivity contribution in [3.8, 4) is 0 Å². The lowest BCUT2D eigenvalue weighted by Gasteiger charge is -2.38. The van der Waals surface area contributed by atoms with E-state index in [0.717, 1.165) is 19.7 Å². The number of hydrogen-bond acceptors (Lipinski definition) is 3. The predicted octanol–water partition coefficient (Wildman–Crippen LogP) is 0.620. The van der Waals surface area contributed by atoms with Crippen molar-refractivity contribution in [3.05, 3.63) is 0 Å². The van der Waals surface area contributed by atoms with E-state index in [1.165, 1.54) is 19.3 Å². The van der Waals surface area contributed by atoms with Gasteiger partial charge in [-0.05, 0) is 26.2 Å². The summed E-state index contributed by atoms with van der Waals surface area (Å²) in [6.07, 6.45) is 3.98. The van der Waals surface area contributed by atoms with E-state index in [2.05, 4.69) is 4.90 Å². The lowest BCUT2D eigenvalue weighted by atomic mass is 10.1. The predicted molar refractivity (Wildman–Crippen MR) is 50.6 cm³/mol. The second kappa shape index (κ2) is 3.95. The molecule has 0 spiro atoms. The summed E-state index contributed by atoms with van der Waals surface area (Å²) in [7, 11) is 0. The molecule has 76 valence electrons. The normalized spacial score (nSPS) is 37.4. The molecule has 0 radical (unpaired) electrons. The third kappa shape index (κ3) is 2.03. The maximum Gasteiger partial charge on any atom is 0.0730 e. The number of hydrogen-bond donors (Lipinski definition) is 1. The summed E-state index contributed by atoms with van der Waals surface area (Å²) in [6, 6.07) is 0.586. The summed E-state index contributed by atoms with van der Waals surface area (Å²) in [4.78, 5) is 2.39. The minimum absolute atomic E-state index is 0.209. The van der Waals surface area contributed by atoms with E-state index in [0.29, 0.717) is 12.1 Å². The minimum atomic E-state index is -0.209. The van der Waals surface area contributed by atoms with Crippen LogP contribution in [0.25, 0.3) is 0 Å². The number of morpholine rings is 1. The molecule has 3 unspecified atom stereocenters. The van der Waals surface area contributed by atoms with E-state index in [-0.39, 0.29) is 6.10 Å². The summed E-state index contributed by atoms with van der Waals surface area (Å²) < 4.78 is 5.69. The number of ether oxygens (including phenoxy) is 1. The first-order valence-corrected chi connectivity index (χ1v) is 5.31. The van der Waals surface area contributed by atoms with E-state index in [1.807, 2.05) is 6.92 Å². The first-order chi connectivity index (χ1) is 6.27. The third-order valence-corrected chi connectivity index (χ3v) is 3.10. The molecule has 3 atom stereocenters. The van der Waals surface area contributed by atoms with Gasteiger partial charge in [-0.25, -0.2) is 0 Å². The summed E-state index contributed by atoms with van der Waals surface area (Å²) in [6.45, 7) is 4.50. The summed E-state index contributed by atoms with van der Waals surface area (Å²) in [5.41, 5.74) is 0. The molecule has 1 heterocycles. The third-order valence-electron chi connectivity index (χ3n) is 3.10. The number of aliphatic hydroxyl groups is 1. The molecule has 2 aliphatic rings. The fraction of sp³-hybridized carbons (Fsp3) is 1.00. The van der Waals surface area contributed by atoms with Crippen LogP contribution < -0.4 is 0 Å². The average Bonchev–Trinajstić information content (AvgIpc) is 2.51. The van der Waals surface area contributed by atoms with Gasteiger partial charge in [0.15, 0.2) is 0 Å². The Morgan fingerprint density at radius 1 is 1.54 bits per heavy atom. The highest BCUT2D eigenvalue weighted by molar-refractivity contribution is 4.89. The number of nitrogens with zero attached hydrogens (tertiary/aromatic N) is 1. The highest BCUT2D eigenvalue weighted by Gasteiger charge is 2.35. The largest absolute Gasteiger partial charge is 0.392 e. The zero-order valence-electron chi connectivity index (χ0n) is 8.28. The summed E-state index contributed by atoms with van der Waals surface area (Å²) in [5.74, 6) is 0. The Kier molecular flexibility index (Phi) is 2.86. The molecule has 0 aromatic carbocycles. The second-order valence-corrected chi connectivity index (χ2v) is 4.25. The number of rotatable bonds is 2. The lowest BCUT2D eigenvalue weighted by molar-refractivity contribution is -0.0656. The zero-order chi connectivity index (χ0) is 9.26. The van der Waals surface area contributed by atoms with Gasteiger partial charge in [-0.2, -0.15) is 0 Å². The van der Waals surface area contributed by atoms with Gasteiger partial charge >= 0.3 is 0 Å². The van der Waals surface area contributed by atoms with Crippen molar-refractivity contribution in [2.75, 3.05) is 19.7 Å². The Morgan fingerprint density at radius 2 is 2.38 bits per heavy atom. The van der Waals surface area contributed by atoms with E-state index in [1.54, 1.807) is 0 Å². The van der Waals surface area contributed by atoms with Crippen LogP contribution in [0.1, 0.15) is 26.2 Å². The van der Waals surface area contributed by atoms with Crippen molar-refractivity contribution in [3.63, 3.8) is 0 Å². The molecule has 2 fully saturated rings. The van der Waals surface area contributed by atoms with Crippen LogP contribution in [0.4, 0.5) is 0 Å². The smallest absolute Gasteiger partial charge is 0.0730 e. The molecule has 1 aliphatic heterocycles. The van der Waals surface area contributed by atoms with Crippen molar-refractivity contribution in [1.29, 1.82) is 0 Å². The Balaban J connectivity index is 1.93. The summed E-state index contributed by atoms with van der Waals surface area (Å²) in [5, 5.41) is 9.34. The Hall–Kier alpha value is -0.120. The maximum absolute atomic E-state index is 9.34. The van der Waals surface area contributed by atoms with Crippen LogP contribution in [0, 0.1) is 0 Å². The number of β-amino-alcohol motifs (C(OH)–C–C–N with tert-alkyl or cyclic N) is 1. The SMILES string of the molecule is CC(O)CN1CCOC2CCCC21. The first-order valence-electron chi connectivity index (χ1n) is 5.31. The number of fused-ring (bicyclic) bond motifs is 1. The van der Waals surface area contributed by atoms with Crippen molar-refractivity contribution in [2.45, 2.75) is 44.4 Å². The van der Waals surface area contributed by atoms with Crippen molar-refractivity contribution in [1.82, 2.24) is 4.90 Å². The van der Waals surface area contributed by atoms with Crippen molar-refractivity contribution in [2.24, 2.45) is 0 Å². The molecule has 1 saturated heterocycles. The quantitative estimate of drug-likeness (QED) is 0.684. The molecule has 3 nitrogen and oxygen atoms in total. The Bertz CT molecular complexity index is 172. The van der Waals surface area contributed by atoms with Crippen LogP contribution in [0.3, 0.4) is 0 Å². The van der Waals surface area contributed by atoms with E-state index < -0.39 is 0 Å². The van der Waals surface area contributed by atoms with Gasteiger partial charge in [0.05, 0.1) is 18.8 Å². The minimum Gasteiger partial charge on any atom is -0.392 e. The van der Waals surface area contributed by atoms with Gasteiger partial charge in [0, 0.05) is 19.1 Å². The molecule has 2 rings (SSSR count). The van der Waals surface area contributed by atoms with E-state index in [9.17, 15) is 5.11 Å². The zero-order valence-corrected chi connectivity index (χ0v) is 8.28. The second-order valence-electron chi connectivity index (χ2n) is 4.25. The molecular formula is C10H19NO2. The highest BCUT2D eigenvalue weighted by Crippen LogP contribution is 2.29. The molecule has 3 heteroatoms. The molecule has 1 saturated carbocycles. The highest BCUT2D eigenvalue weighted by atomic mass is 16.5.